The third-order valence-corrected chi connectivity index (χ3v) is 5.23. The Hall–Kier alpha value is -2.40. The monoisotopic (exact) mass is 355 g/mol. The van der Waals surface area contributed by atoms with Gasteiger partial charge in [0.25, 0.3) is 0 Å². The van der Waals surface area contributed by atoms with Crippen molar-refractivity contribution in [2.24, 2.45) is 0 Å². The minimum absolute atomic E-state index is 0.0426. The van der Waals surface area contributed by atoms with Gasteiger partial charge >= 0.3 is 10.1 Å². The maximum Gasteiger partial charge on any atom is 0.309 e. The van der Waals surface area contributed by atoms with Gasteiger partial charge in [0.1, 0.15) is 5.75 Å². The third-order valence-electron chi connectivity index (χ3n) is 4.00. The summed E-state index contributed by atoms with van der Waals surface area (Å²) in [5, 5.41) is 1.04. The molecule has 25 heavy (non-hydrogen) atoms. The quantitative estimate of drug-likeness (QED) is 0.451. The first-order valence-electron chi connectivity index (χ1n) is 8.45. The summed E-state index contributed by atoms with van der Waals surface area (Å²) in [6.07, 6.45) is 4.22. The molecule has 0 saturated carbocycles. The molecule has 0 radical (unpaired) electrons. The van der Waals surface area contributed by atoms with Gasteiger partial charge in [-0.2, -0.15) is 8.42 Å². The van der Waals surface area contributed by atoms with Crippen LogP contribution in [0, 0.1) is 0 Å². The Kier molecular flexibility index (Phi) is 5.34. The van der Waals surface area contributed by atoms with Gasteiger partial charge < -0.3 is 4.18 Å². The summed E-state index contributed by atoms with van der Waals surface area (Å²) in [5.41, 5.74) is 2.71. The van der Waals surface area contributed by atoms with E-state index in [-0.39, 0.29) is 5.75 Å². The van der Waals surface area contributed by atoms with E-state index in [1.54, 1.807) is 24.4 Å². The number of unbranched alkanes of at least 4 members (excludes halogenated alkanes) is 2. The van der Waals surface area contributed by atoms with Crippen LogP contribution in [0.15, 0.2) is 60.8 Å². The van der Waals surface area contributed by atoms with E-state index in [1.807, 2.05) is 43.3 Å². The summed E-state index contributed by atoms with van der Waals surface area (Å²) in [4.78, 5) is 4.45. The standard InChI is InChI=1S/C20H21NO3S/c1-2-3-4-14-25(22,23)24-18-11-5-9-17(15-18)19-12-6-8-16-10-7-13-21-20(16)19/h5-13,15H,2-4,14H2,1H3. The molecule has 0 amide bonds. The van der Waals surface area contributed by atoms with Crippen molar-refractivity contribution >= 4 is 21.0 Å². The number of hydrogen-bond acceptors (Lipinski definition) is 4. The van der Waals surface area contributed by atoms with Crippen LogP contribution in [0.3, 0.4) is 0 Å². The number of hydrogen-bond donors (Lipinski definition) is 0. The Morgan fingerprint density at radius 2 is 1.80 bits per heavy atom. The van der Waals surface area contributed by atoms with Gasteiger partial charge in [-0.25, -0.2) is 0 Å². The highest BCUT2D eigenvalue weighted by Crippen LogP contribution is 2.29. The normalized spacial score (nSPS) is 11.6. The molecule has 0 aliphatic rings. The second-order valence-corrected chi connectivity index (χ2v) is 7.65. The maximum absolute atomic E-state index is 12.1. The summed E-state index contributed by atoms with van der Waals surface area (Å²) >= 11 is 0. The second-order valence-electron chi connectivity index (χ2n) is 5.96. The Bertz CT molecular complexity index is 962. The SMILES string of the molecule is CCCCCS(=O)(=O)Oc1cccc(-c2cccc3cccnc23)c1. The first-order chi connectivity index (χ1) is 12.1. The maximum atomic E-state index is 12.1. The van der Waals surface area contributed by atoms with Crippen molar-refractivity contribution in [3.8, 4) is 16.9 Å². The molecular weight excluding hydrogens is 334 g/mol. The van der Waals surface area contributed by atoms with Crippen LogP contribution in [0.5, 0.6) is 5.75 Å². The van der Waals surface area contributed by atoms with Crippen LogP contribution in [0.25, 0.3) is 22.0 Å². The summed E-state index contributed by atoms with van der Waals surface area (Å²) in [6, 6.07) is 17.0. The third kappa shape index (κ3) is 4.37. The fourth-order valence-corrected chi connectivity index (χ4v) is 3.81. The summed E-state index contributed by atoms with van der Waals surface area (Å²) in [7, 11) is -3.56. The molecular formula is C20H21NO3S. The predicted octanol–water partition coefficient (Wildman–Crippen LogP) is 4.80. The van der Waals surface area contributed by atoms with E-state index in [0.29, 0.717) is 12.2 Å². The van der Waals surface area contributed by atoms with Gasteiger partial charge in [0, 0.05) is 17.1 Å². The van der Waals surface area contributed by atoms with Crippen molar-refractivity contribution < 1.29 is 12.6 Å². The molecule has 0 atom stereocenters. The average molecular weight is 355 g/mol. The molecule has 0 N–H and O–H groups in total. The van der Waals surface area contributed by atoms with Crippen LogP contribution >= 0.6 is 0 Å². The molecule has 0 aliphatic carbocycles. The molecule has 4 nitrogen and oxygen atoms in total. The van der Waals surface area contributed by atoms with Gasteiger partial charge in [0.2, 0.25) is 0 Å². The zero-order chi connectivity index (χ0) is 17.7. The van der Waals surface area contributed by atoms with Gasteiger partial charge in [0.05, 0.1) is 11.3 Å². The summed E-state index contributed by atoms with van der Waals surface area (Å²) in [5.74, 6) is 0.378. The molecule has 0 bridgehead atoms. The average Bonchev–Trinajstić information content (AvgIpc) is 2.61. The van der Waals surface area contributed by atoms with Crippen LogP contribution in [0.4, 0.5) is 0 Å². The number of nitrogens with zero attached hydrogens (tertiary/aromatic N) is 1. The lowest BCUT2D eigenvalue weighted by molar-refractivity contribution is 0.483. The van der Waals surface area contributed by atoms with E-state index < -0.39 is 10.1 Å². The Morgan fingerprint density at radius 1 is 1.00 bits per heavy atom. The summed E-state index contributed by atoms with van der Waals surface area (Å²) in [6.45, 7) is 2.04. The Balaban J connectivity index is 1.89. The topological polar surface area (TPSA) is 56.3 Å². The van der Waals surface area contributed by atoms with E-state index in [4.69, 9.17) is 4.18 Å². The number of fused-ring (bicyclic) bond motifs is 1. The van der Waals surface area contributed by atoms with E-state index in [9.17, 15) is 8.42 Å². The molecule has 1 heterocycles. The largest absolute Gasteiger partial charge is 0.382 e. The van der Waals surface area contributed by atoms with Crippen LogP contribution in [0.2, 0.25) is 0 Å². The zero-order valence-electron chi connectivity index (χ0n) is 14.2. The van der Waals surface area contributed by atoms with Crippen LogP contribution in [0.1, 0.15) is 26.2 Å². The highest BCUT2D eigenvalue weighted by molar-refractivity contribution is 7.87. The molecule has 3 aromatic rings. The highest BCUT2D eigenvalue weighted by Gasteiger charge is 2.13. The molecule has 1 aromatic heterocycles. The number of aromatic nitrogens is 1. The van der Waals surface area contributed by atoms with Crippen molar-refractivity contribution in [2.45, 2.75) is 26.2 Å². The van der Waals surface area contributed by atoms with Crippen LogP contribution < -0.4 is 4.18 Å². The van der Waals surface area contributed by atoms with Gasteiger partial charge in [-0.15, -0.1) is 0 Å². The van der Waals surface area contributed by atoms with Crippen molar-refractivity contribution in [3.05, 3.63) is 60.8 Å². The van der Waals surface area contributed by atoms with E-state index in [2.05, 4.69) is 4.98 Å². The lowest BCUT2D eigenvalue weighted by atomic mass is 10.0. The fraction of sp³-hybridized carbons (Fsp3) is 0.250. The number of pyridine rings is 1. The lowest BCUT2D eigenvalue weighted by Crippen LogP contribution is -2.13. The van der Waals surface area contributed by atoms with Crippen molar-refractivity contribution in [3.63, 3.8) is 0 Å². The molecule has 0 unspecified atom stereocenters. The molecule has 2 aromatic carbocycles. The van der Waals surface area contributed by atoms with Crippen molar-refractivity contribution in [1.82, 2.24) is 4.98 Å². The zero-order valence-corrected chi connectivity index (χ0v) is 15.0. The minimum atomic E-state index is -3.56. The molecule has 0 aliphatic heterocycles. The smallest absolute Gasteiger partial charge is 0.309 e. The van der Waals surface area contributed by atoms with Crippen LogP contribution in [-0.2, 0) is 10.1 Å². The van der Waals surface area contributed by atoms with Gasteiger partial charge in [-0.1, -0.05) is 56.2 Å². The van der Waals surface area contributed by atoms with Crippen molar-refractivity contribution in [2.75, 3.05) is 5.75 Å². The molecule has 0 spiro atoms. The van der Waals surface area contributed by atoms with E-state index in [1.165, 1.54) is 0 Å². The van der Waals surface area contributed by atoms with Crippen LogP contribution in [-0.4, -0.2) is 19.2 Å². The first kappa shape index (κ1) is 17.4. The van der Waals surface area contributed by atoms with Gasteiger partial charge in [-0.3, -0.25) is 4.98 Å². The Morgan fingerprint density at radius 3 is 2.64 bits per heavy atom. The number of rotatable bonds is 7. The number of para-hydroxylation sites is 1. The summed E-state index contributed by atoms with van der Waals surface area (Å²) < 4.78 is 29.5. The molecule has 0 fully saturated rings. The Labute approximate surface area is 148 Å². The van der Waals surface area contributed by atoms with Gasteiger partial charge in [0.15, 0.2) is 0 Å². The molecule has 0 saturated heterocycles. The molecule has 130 valence electrons. The lowest BCUT2D eigenvalue weighted by Gasteiger charge is -2.10. The second kappa shape index (κ2) is 7.66. The van der Waals surface area contributed by atoms with Gasteiger partial charge in [-0.05, 0) is 30.2 Å². The van der Waals surface area contributed by atoms with E-state index in [0.717, 1.165) is 34.9 Å². The highest BCUT2D eigenvalue weighted by atomic mass is 32.2. The minimum Gasteiger partial charge on any atom is -0.382 e. The molecule has 3 rings (SSSR count). The van der Waals surface area contributed by atoms with Crippen molar-refractivity contribution in [1.29, 1.82) is 0 Å². The predicted molar refractivity (Wildman–Crippen MR) is 101 cm³/mol. The first-order valence-corrected chi connectivity index (χ1v) is 10.0. The van der Waals surface area contributed by atoms with E-state index >= 15 is 0 Å². The fourth-order valence-electron chi connectivity index (χ4n) is 2.77. The number of benzene rings is 2. The molecule has 5 heteroatoms.